The minimum atomic E-state index is -3.68. The van der Waals surface area contributed by atoms with Crippen LogP contribution in [0.3, 0.4) is 0 Å². The van der Waals surface area contributed by atoms with Crippen molar-refractivity contribution in [3.63, 3.8) is 0 Å². The third kappa shape index (κ3) is 4.24. The highest BCUT2D eigenvalue weighted by Gasteiger charge is 2.19. The van der Waals surface area contributed by atoms with E-state index in [1.807, 2.05) is 54.2 Å². The minimum Gasteiger partial charge on any atom is -0.387 e. The highest BCUT2D eigenvalue weighted by atomic mass is 32.2. The second-order valence-electron chi connectivity index (χ2n) is 7.89. The number of hydrogen-bond acceptors (Lipinski definition) is 3. The van der Waals surface area contributed by atoms with E-state index in [0.717, 1.165) is 16.5 Å². The van der Waals surface area contributed by atoms with Crippen LogP contribution in [0, 0.1) is 0 Å². The molecule has 0 saturated carbocycles. The standard InChI is InChI=1S/C21H26N2O3S/c1-21(2,3)17-6-8-18(9-7-17)27(25,26)22-14-20(24)16-5-10-19-15(13-16)11-12-23(19)4/h5-13,20,22,24H,14H2,1-4H3. The van der Waals surface area contributed by atoms with E-state index in [-0.39, 0.29) is 16.9 Å². The van der Waals surface area contributed by atoms with Gasteiger partial charge in [0.25, 0.3) is 0 Å². The number of rotatable bonds is 5. The number of sulfonamides is 1. The van der Waals surface area contributed by atoms with Crippen molar-refractivity contribution in [1.82, 2.24) is 9.29 Å². The fourth-order valence-electron chi connectivity index (χ4n) is 3.03. The van der Waals surface area contributed by atoms with E-state index in [9.17, 15) is 13.5 Å². The zero-order valence-electron chi connectivity index (χ0n) is 16.1. The zero-order valence-corrected chi connectivity index (χ0v) is 16.9. The van der Waals surface area contributed by atoms with Crippen LogP contribution in [-0.4, -0.2) is 24.6 Å². The number of aliphatic hydroxyl groups excluding tert-OH is 1. The van der Waals surface area contributed by atoms with Gasteiger partial charge in [0.1, 0.15) is 0 Å². The average Bonchev–Trinajstić information content (AvgIpc) is 2.99. The van der Waals surface area contributed by atoms with Crippen LogP contribution in [0.4, 0.5) is 0 Å². The van der Waals surface area contributed by atoms with Crippen molar-refractivity contribution >= 4 is 20.9 Å². The number of benzene rings is 2. The molecule has 144 valence electrons. The maximum Gasteiger partial charge on any atom is 0.240 e. The number of aryl methyl sites for hydroxylation is 1. The van der Waals surface area contributed by atoms with Gasteiger partial charge in [0.2, 0.25) is 10.0 Å². The summed E-state index contributed by atoms with van der Waals surface area (Å²) in [6, 6.07) is 14.4. The topological polar surface area (TPSA) is 71.3 Å². The third-order valence-corrected chi connectivity index (χ3v) is 6.23. The first-order valence-electron chi connectivity index (χ1n) is 8.91. The summed E-state index contributed by atoms with van der Waals surface area (Å²) < 4.78 is 29.5. The van der Waals surface area contributed by atoms with Gasteiger partial charge in [-0.25, -0.2) is 13.1 Å². The Morgan fingerprint density at radius 1 is 1.07 bits per heavy atom. The van der Waals surface area contributed by atoms with Crippen LogP contribution >= 0.6 is 0 Å². The van der Waals surface area contributed by atoms with E-state index in [1.54, 1.807) is 12.1 Å². The Bertz CT molecular complexity index is 1050. The van der Waals surface area contributed by atoms with Crippen molar-refractivity contribution < 1.29 is 13.5 Å². The summed E-state index contributed by atoms with van der Waals surface area (Å²) in [6.07, 6.45) is 1.03. The van der Waals surface area contributed by atoms with Crippen molar-refractivity contribution in [2.75, 3.05) is 6.54 Å². The Morgan fingerprint density at radius 2 is 1.74 bits per heavy atom. The van der Waals surface area contributed by atoms with Gasteiger partial charge in [-0.15, -0.1) is 0 Å². The van der Waals surface area contributed by atoms with E-state index in [0.29, 0.717) is 5.56 Å². The molecule has 0 aliphatic rings. The average molecular weight is 387 g/mol. The van der Waals surface area contributed by atoms with Crippen LogP contribution in [0.15, 0.2) is 59.6 Å². The van der Waals surface area contributed by atoms with E-state index >= 15 is 0 Å². The molecular formula is C21H26N2O3S. The van der Waals surface area contributed by atoms with Crippen molar-refractivity contribution in [3.8, 4) is 0 Å². The van der Waals surface area contributed by atoms with Gasteiger partial charge in [0, 0.05) is 25.3 Å². The summed E-state index contributed by atoms with van der Waals surface area (Å²) in [5.41, 5.74) is 2.77. The molecule has 0 aliphatic heterocycles. The molecule has 0 amide bonds. The second-order valence-corrected chi connectivity index (χ2v) is 9.65. The van der Waals surface area contributed by atoms with Gasteiger partial charge in [0.05, 0.1) is 11.0 Å². The number of fused-ring (bicyclic) bond motifs is 1. The normalized spacial score (nSPS) is 13.8. The fraction of sp³-hybridized carbons (Fsp3) is 0.333. The smallest absolute Gasteiger partial charge is 0.240 e. The molecule has 1 heterocycles. The Labute approximate surface area is 160 Å². The van der Waals surface area contributed by atoms with Gasteiger partial charge in [-0.3, -0.25) is 0 Å². The first kappa shape index (κ1) is 19.6. The molecule has 2 N–H and O–H groups in total. The van der Waals surface area contributed by atoms with Crippen molar-refractivity contribution in [2.45, 2.75) is 37.2 Å². The largest absolute Gasteiger partial charge is 0.387 e. The molecule has 2 aromatic carbocycles. The van der Waals surface area contributed by atoms with Crippen LogP contribution in [0.5, 0.6) is 0 Å². The lowest BCUT2D eigenvalue weighted by Gasteiger charge is -2.19. The first-order valence-corrected chi connectivity index (χ1v) is 10.4. The number of nitrogens with zero attached hydrogens (tertiary/aromatic N) is 1. The Morgan fingerprint density at radius 3 is 2.37 bits per heavy atom. The molecule has 6 heteroatoms. The summed E-state index contributed by atoms with van der Waals surface area (Å²) in [4.78, 5) is 0.196. The lowest BCUT2D eigenvalue weighted by Crippen LogP contribution is -2.28. The molecule has 0 saturated heterocycles. The molecule has 0 aliphatic carbocycles. The minimum absolute atomic E-state index is 0.0397. The maximum absolute atomic E-state index is 12.5. The van der Waals surface area contributed by atoms with E-state index in [2.05, 4.69) is 25.5 Å². The molecule has 1 atom stereocenters. The Hall–Kier alpha value is -2.15. The predicted octanol–water partition coefficient (Wildman–Crippen LogP) is 3.49. The molecule has 0 bridgehead atoms. The molecule has 3 aromatic rings. The lowest BCUT2D eigenvalue weighted by atomic mass is 9.87. The third-order valence-electron chi connectivity index (χ3n) is 4.79. The van der Waals surface area contributed by atoms with Gasteiger partial charge in [-0.1, -0.05) is 39.0 Å². The molecule has 0 radical (unpaired) electrons. The van der Waals surface area contributed by atoms with Gasteiger partial charge in [0.15, 0.2) is 0 Å². The number of nitrogens with one attached hydrogen (secondary N) is 1. The Balaban J connectivity index is 1.71. The molecule has 0 spiro atoms. The molecular weight excluding hydrogens is 360 g/mol. The summed E-state index contributed by atoms with van der Waals surface area (Å²) in [5.74, 6) is 0. The van der Waals surface area contributed by atoms with Crippen molar-refractivity contribution in [3.05, 3.63) is 65.9 Å². The van der Waals surface area contributed by atoms with E-state index in [4.69, 9.17) is 0 Å². The van der Waals surface area contributed by atoms with Crippen LogP contribution in [0.1, 0.15) is 38.0 Å². The predicted molar refractivity (Wildman–Crippen MR) is 108 cm³/mol. The fourth-order valence-corrected chi connectivity index (χ4v) is 4.07. The quantitative estimate of drug-likeness (QED) is 0.705. The molecule has 27 heavy (non-hydrogen) atoms. The van der Waals surface area contributed by atoms with Gasteiger partial charge >= 0.3 is 0 Å². The summed E-state index contributed by atoms with van der Waals surface area (Å²) in [7, 11) is -1.72. The molecule has 0 fully saturated rings. The molecule has 1 aromatic heterocycles. The number of hydrogen-bond donors (Lipinski definition) is 2. The zero-order chi connectivity index (χ0) is 19.8. The Kier molecular flexibility index (Phi) is 5.16. The van der Waals surface area contributed by atoms with Crippen molar-refractivity contribution in [2.24, 2.45) is 7.05 Å². The molecule has 1 unspecified atom stereocenters. The number of aromatic nitrogens is 1. The molecule has 5 nitrogen and oxygen atoms in total. The SMILES string of the molecule is Cn1ccc2cc(C(O)CNS(=O)(=O)c3ccc(C(C)(C)C)cc3)ccc21. The highest BCUT2D eigenvalue weighted by Crippen LogP contribution is 2.24. The van der Waals surface area contributed by atoms with Crippen LogP contribution in [0.25, 0.3) is 10.9 Å². The van der Waals surface area contributed by atoms with Gasteiger partial charge in [-0.05, 0) is 52.3 Å². The van der Waals surface area contributed by atoms with Crippen LogP contribution in [-0.2, 0) is 22.5 Å². The highest BCUT2D eigenvalue weighted by molar-refractivity contribution is 7.89. The van der Waals surface area contributed by atoms with Gasteiger partial charge < -0.3 is 9.67 Å². The first-order chi connectivity index (χ1) is 12.6. The number of aliphatic hydroxyl groups is 1. The monoisotopic (exact) mass is 386 g/mol. The van der Waals surface area contributed by atoms with Crippen LogP contribution < -0.4 is 4.72 Å². The summed E-state index contributed by atoms with van der Waals surface area (Å²) >= 11 is 0. The summed E-state index contributed by atoms with van der Waals surface area (Å²) in [6.45, 7) is 6.15. The second kappa shape index (κ2) is 7.11. The summed E-state index contributed by atoms with van der Waals surface area (Å²) in [5, 5.41) is 11.4. The van der Waals surface area contributed by atoms with E-state index in [1.165, 1.54) is 0 Å². The van der Waals surface area contributed by atoms with Crippen molar-refractivity contribution in [1.29, 1.82) is 0 Å². The van der Waals surface area contributed by atoms with Gasteiger partial charge in [-0.2, -0.15) is 0 Å². The lowest BCUT2D eigenvalue weighted by molar-refractivity contribution is 0.182. The van der Waals surface area contributed by atoms with E-state index < -0.39 is 16.1 Å². The van der Waals surface area contributed by atoms with Crippen LogP contribution in [0.2, 0.25) is 0 Å². The molecule has 3 rings (SSSR count). The maximum atomic E-state index is 12.5.